The zero-order chi connectivity index (χ0) is 24.4. The molecular weight excluding hydrogens is 485 g/mol. The van der Waals surface area contributed by atoms with Crippen LogP contribution >= 0.6 is 0 Å². The SMILES string of the molecule is CO[Si](CCC(F)(F)F)(CCC(F)(F)F)CCC(F)(F)C(F)(F)C(F)(F)C(F)(F)F. The van der Waals surface area contributed by atoms with E-state index in [-0.39, 0.29) is 0 Å². The zero-order valence-corrected chi connectivity index (χ0v) is 15.8. The van der Waals surface area contributed by atoms with E-state index in [2.05, 4.69) is 4.43 Å². The molecule has 0 aliphatic rings. The van der Waals surface area contributed by atoms with Crippen molar-refractivity contribution in [1.82, 2.24) is 0 Å². The van der Waals surface area contributed by atoms with Gasteiger partial charge in [-0.2, -0.15) is 65.9 Å². The Morgan fingerprint density at radius 3 is 1.13 bits per heavy atom. The standard InChI is InChI=1S/C13H15F15OSi/c1-29-30(6-3-9(16,17)18,7-4-10(19,20)21)5-2-8(14,15)11(22,23)12(24,25)13(26,27)28/h2-7H2,1H3. The van der Waals surface area contributed by atoms with Gasteiger partial charge in [-0.1, -0.05) is 0 Å². The molecule has 0 aliphatic heterocycles. The van der Waals surface area contributed by atoms with E-state index in [4.69, 9.17) is 0 Å². The average molecular weight is 500 g/mol. The predicted octanol–water partition coefficient (Wildman–Crippen LogP) is 7.34. The molecule has 0 bridgehead atoms. The summed E-state index contributed by atoms with van der Waals surface area (Å²) < 4.78 is 195. The molecular formula is C13H15F15OSi. The summed E-state index contributed by atoms with van der Waals surface area (Å²) in [6, 6.07) is -4.28. The van der Waals surface area contributed by atoms with Gasteiger partial charge in [-0.3, -0.25) is 0 Å². The first-order chi connectivity index (χ1) is 12.9. The Hall–Kier alpha value is -0.873. The van der Waals surface area contributed by atoms with E-state index in [1.807, 2.05) is 0 Å². The Morgan fingerprint density at radius 2 is 0.867 bits per heavy atom. The van der Waals surface area contributed by atoms with E-state index in [1.54, 1.807) is 0 Å². The lowest BCUT2D eigenvalue weighted by atomic mass is 10.0. The van der Waals surface area contributed by atoms with E-state index in [9.17, 15) is 65.9 Å². The Labute approximate surface area is 160 Å². The van der Waals surface area contributed by atoms with Crippen LogP contribution in [0.15, 0.2) is 0 Å². The van der Waals surface area contributed by atoms with Crippen molar-refractivity contribution >= 4 is 8.32 Å². The lowest BCUT2D eigenvalue weighted by Crippen LogP contribution is -2.61. The van der Waals surface area contributed by atoms with Crippen molar-refractivity contribution < 1.29 is 70.3 Å². The monoisotopic (exact) mass is 500 g/mol. The molecule has 0 heterocycles. The molecule has 0 rings (SSSR count). The molecule has 0 spiro atoms. The number of halogens is 15. The quantitative estimate of drug-likeness (QED) is 0.225. The van der Waals surface area contributed by atoms with Gasteiger partial charge in [0.05, 0.1) is 0 Å². The summed E-state index contributed by atoms with van der Waals surface area (Å²) in [7, 11) is -4.03. The molecule has 0 amide bonds. The first-order valence-electron chi connectivity index (χ1n) is 7.82. The zero-order valence-electron chi connectivity index (χ0n) is 14.8. The second-order valence-electron chi connectivity index (χ2n) is 6.47. The molecule has 0 unspecified atom stereocenters. The predicted molar refractivity (Wildman–Crippen MR) is 74.0 cm³/mol. The molecule has 17 heteroatoms. The second kappa shape index (κ2) is 8.94. The van der Waals surface area contributed by atoms with E-state index in [0.717, 1.165) is 0 Å². The van der Waals surface area contributed by atoms with Crippen molar-refractivity contribution in [2.45, 2.75) is 73.7 Å². The Kier molecular flexibility index (Phi) is 8.68. The minimum atomic E-state index is -7.21. The topological polar surface area (TPSA) is 9.23 Å². The normalized spacial score (nSPS) is 15.6. The maximum absolute atomic E-state index is 13.6. The largest absolute Gasteiger partial charge is 0.460 e. The first-order valence-corrected chi connectivity index (χ1v) is 10.3. The Balaban J connectivity index is 5.77. The van der Waals surface area contributed by atoms with Gasteiger partial charge >= 0.3 is 36.3 Å². The molecule has 30 heavy (non-hydrogen) atoms. The third-order valence-corrected chi connectivity index (χ3v) is 8.62. The van der Waals surface area contributed by atoms with Gasteiger partial charge < -0.3 is 4.43 Å². The Bertz CT molecular complexity index is 530. The molecule has 0 saturated carbocycles. The molecule has 0 saturated heterocycles. The molecule has 0 radical (unpaired) electrons. The fourth-order valence-electron chi connectivity index (χ4n) is 2.37. The van der Waals surface area contributed by atoms with E-state index in [1.165, 1.54) is 0 Å². The highest BCUT2D eigenvalue weighted by molar-refractivity contribution is 6.73. The van der Waals surface area contributed by atoms with Crippen molar-refractivity contribution in [3.63, 3.8) is 0 Å². The Morgan fingerprint density at radius 1 is 0.533 bits per heavy atom. The smallest absolute Gasteiger partial charge is 0.420 e. The van der Waals surface area contributed by atoms with Crippen molar-refractivity contribution in [2.75, 3.05) is 7.11 Å². The molecule has 0 aromatic heterocycles. The summed E-state index contributed by atoms with van der Waals surface area (Å²) in [6.07, 6.45) is -23.4. The third kappa shape index (κ3) is 7.37. The first kappa shape index (κ1) is 29.1. The summed E-state index contributed by atoms with van der Waals surface area (Å²) in [4.78, 5) is 0. The number of hydrogen-bond acceptors (Lipinski definition) is 1. The second-order valence-corrected chi connectivity index (χ2v) is 10.7. The van der Waals surface area contributed by atoms with Crippen LogP contribution in [0.25, 0.3) is 0 Å². The number of alkyl halides is 15. The molecule has 182 valence electrons. The van der Waals surface area contributed by atoms with Crippen LogP contribution in [0.4, 0.5) is 65.9 Å². The van der Waals surface area contributed by atoms with Gasteiger partial charge in [-0.15, -0.1) is 0 Å². The van der Waals surface area contributed by atoms with Crippen LogP contribution in [0.1, 0.15) is 19.3 Å². The highest BCUT2D eigenvalue weighted by Gasteiger charge is 2.81. The van der Waals surface area contributed by atoms with E-state index < -0.39 is 82.0 Å². The summed E-state index contributed by atoms with van der Waals surface area (Å²) >= 11 is 0. The summed E-state index contributed by atoms with van der Waals surface area (Å²) in [5.74, 6) is -20.3. The van der Waals surface area contributed by atoms with Crippen molar-refractivity contribution in [3.8, 4) is 0 Å². The fraction of sp³-hybridized carbons (Fsp3) is 1.00. The van der Waals surface area contributed by atoms with E-state index in [0.29, 0.717) is 7.11 Å². The van der Waals surface area contributed by atoms with Crippen LogP contribution in [0.2, 0.25) is 18.1 Å². The van der Waals surface area contributed by atoms with Crippen molar-refractivity contribution in [1.29, 1.82) is 0 Å². The molecule has 0 aromatic rings. The lowest BCUT2D eigenvalue weighted by Gasteiger charge is -2.36. The van der Waals surface area contributed by atoms with Crippen LogP contribution in [0.5, 0.6) is 0 Å². The molecule has 0 aromatic carbocycles. The number of rotatable bonds is 10. The number of hydrogen-bond donors (Lipinski definition) is 0. The average Bonchev–Trinajstić information content (AvgIpc) is 2.51. The minimum Gasteiger partial charge on any atom is -0.420 e. The maximum atomic E-state index is 13.6. The van der Waals surface area contributed by atoms with Crippen LogP contribution in [0, 0.1) is 0 Å². The van der Waals surface area contributed by atoms with Crippen LogP contribution < -0.4 is 0 Å². The molecule has 0 aliphatic carbocycles. The highest BCUT2D eigenvalue weighted by Crippen LogP contribution is 2.55. The summed E-state index contributed by atoms with van der Waals surface area (Å²) in [6.45, 7) is 0. The van der Waals surface area contributed by atoms with Crippen LogP contribution in [-0.2, 0) is 4.43 Å². The van der Waals surface area contributed by atoms with Gasteiger partial charge in [-0.05, 0) is 18.1 Å². The molecule has 0 fully saturated rings. The van der Waals surface area contributed by atoms with Gasteiger partial charge in [-0.25, -0.2) is 0 Å². The highest BCUT2D eigenvalue weighted by atomic mass is 28.4. The van der Waals surface area contributed by atoms with Crippen LogP contribution in [-0.4, -0.2) is 51.7 Å². The maximum Gasteiger partial charge on any atom is 0.460 e. The van der Waals surface area contributed by atoms with Crippen molar-refractivity contribution in [2.24, 2.45) is 0 Å². The van der Waals surface area contributed by atoms with Crippen LogP contribution in [0.3, 0.4) is 0 Å². The molecule has 0 N–H and O–H groups in total. The fourth-order valence-corrected chi connectivity index (χ4v) is 5.98. The molecule has 0 atom stereocenters. The third-order valence-electron chi connectivity index (χ3n) is 4.27. The van der Waals surface area contributed by atoms with Gasteiger partial charge in [0, 0.05) is 26.4 Å². The summed E-state index contributed by atoms with van der Waals surface area (Å²) in [5.41, 5.74) is 0. The minimum absolute atomic E-state index is 0.527. The lowest BCUT2D eigenvalue weighted by molar-refractivity contribution is -0.396. The van der Waals surface area contributed by atoms with Gasteiger partial charge in [0.1, 0.15) is 0 Å². The van der Waals surface area contributed by atoms with Crippen molar-refractivity contribution in [3.05, 3.63) is 0 Å². The van der Waals surface area contributed by atoms with E-state index >= 15 is 0 Å². The molecule has 1 nitrogen and oxygen atoms in total. The van der Waals surface area contributed by atoms with Gasteiger partial charge in [0.25, 0.3) is 0 Å². The summed E-state index contributed by atoms with van der Waals surface area (Å²) in [5, 5.41) is 0. The van der Waals surface area contributed by atoms with Gasteiger partial charge in [0.15, 0.2) is 8.32 Å². The van der Waals surface area contributed by atoms with Gasteiger partial charge in [0.2, 0.25) is 0 Å².